The zero-order valence-corrected chi connectivity index (χ0v) is 42.0. The summed E-state index contributed by atoms with van der Waals surface area (Å²) in [5.41, 5.74) is 1.52. The molecule has 12 N–H and O–H groups in total. The van der Waals surface area contributed by atoms with Crippen LogP contribution in [0.25, 0.3) is 0 Å². The molecular formula is C44H69LuN9O16S+3. The number of nitrogens with one attached hydrogen (secondary N) is 5. The van der Waals surface area contributed by atoms with E-state index < -0.39 is 72.4 Å². The molecule has 0 radical (unpaired) electrons. The number of thiocarbonyl (C=S) groups is 1. The van der Waals surface area contributed by atoms with E-state index in [0.29, 0.717) is 56.0 Å². The van der Waals surface area contributed by atoms with Crippen molar-refractivity contribution in [1.82, 2.24) is 40.9 Å². The Morgan fingerprint density at radius 3 is 1.58 bits per heavy atom. The molecule has 1 saturated heterocycles. The first-order valence-corrected chi connectivity index (χ1v) is 23.5. The molecule has 0 bridgehead atoms. The van der Waals surface area contributed by atoms with Crippen molar-refractivity contribution < 1.29 is 116 Å². The van der Waals surface area contributed by atoms with Crippen molar-refractivity contribution >= 4 is 76.7 Å². The molecule has 1 heterocycles. The Morgan fingerprint density at radius 1 is 0.549 bits per heavy atom. The van der Waals surface area contributed by atoms with Gasteiger partial charge in [-0.25, -0.2) is 14.4 Å². The molecule has 404 valence electrons. The average Bonchev–Trinajstić information content (AvgIpc) is 3.26. The standard InChI is InChI=1S/C44H69N9O16S.Lu/c54-35(45-16-7-5-8-33(41(65)66)48-43(69)49-34(42(67)68)14-15-36(55)56)9-4-2-1-3-6-17-46-44(70)47-31-12-10-30(11-13-31)24-32-25-52(28-39(61)62)21-20-50(26-37(57)58)18-19-51(27-38(59)60)22-23-53(32)29-40(63)64;/h10-13,32-34H,1-9,14-29H2,(H,45,54)(H,55,56)(H,57,58)(H,59,60)(H,61,62)(H,63,64)(H,65,66)(H,67,68)(H2,46,47,70)(H2,48,49,69);/q;+3/t32?,33-,34-;/m0./s1. The molecule has 1 fully saturated rings. The van der Waals surface area contributed by atoms with Crippen molar-refractivity contribution in [2.45, 2.75) is 95.2 Å². The molecule has 2 rings (SSSR count). The molecule has 71 heavy (non-hydrogen) atoms. The average molecular weight is 1190 g/mol. The second-order valence-electron chi connectivity index (χ2n) is 17.0. The van der Waals surface area contributed by atoms with Gasteiger partial charge in [-0.1, -0.05) is 31.4 Å². The minimum atomic E-state index is -1.50. The summed E-state index contributed by atoms with van der Waals surface area (Å²) >= 11 is 5.48. The molecule has 27 heteroatoms. The van der Waals surface area contributed by atoms with Gasteiger partial charge in [-0.3, -0.25) is 48.4 Å². The van der Waals surface area contributed by atoms with Crippen LogP contribution in [0, 0.1) is 36.9 Å². The van der Waals surface area contributed by atoms with E-state index in [9.17, 15) is 73.8 Å². The van der Waals surface area contributed by atoms with Gasteiger partial charge in [0, 0.05) is 83.5 Å². The number of carboxylic acids is 7. The van der Waals surface area contributed by atoms with Gasteiger partial charge in [-0.05, 0) is 74.9 Å². The maximum atomic E-state index is 12.3. The first-order valence-electron chi connectivity index (χ1n) is 23.1. The monoisotopic (exact) mass is 1190 g/mol. The number of amides is 3. The van der Waals surface area contributed by atoms with Crippen LogP contribution < -0.4 is 26.6 Å². The normalized spacial score (nSPS) is 16.0. The van der Waals surface area contributed by atoms with Crippen molar-refractivity contribution in [3.8, 4) is 0 Å². The third-order valence-corrected chi connectivity index (χ3v) is 11.5. The van der Waals surface area contributed by atoms with Crippen molar-refractivity contribution in [2.75, 3.05) is 90.4 Å². The number of nitrogens with zero attached hydrogens (tertiary/aromatic N) is 4. The van der Waals surface area contributed by atoms with Gasteiger partial charge < -0.3 is 62.3 Å². The first-order chi connectivity index (χ1) is 33.2. The smallest absolute Gasteiger partial charge is 0.481 e. The van der Waals surface area contributed by atoms with Crippen molar-refractivity contribution in [3.05, 3.63) is 29.8 Å². The Morgan fingerprint density at radius 2 is 1.03 bits per heavy atom. The fourth-order valence-corrected chi connectivity index (χ4v) is 7.82. The molecule has 3 amide bonds. The summed E-state index contributed by atoms with van der Waals surface area (Å²) in [4.78, 5) is 112. The number of carboxylic acid groups (broad SMARTS) is 7. The Labute approximate surface area is 446 Å². The quantitative estimate of drug-likeness (QED) is 0.0347. The summed E-state index contributed by atoms with van der Waals surface area (Å²) in [5.74, 6) is -8.52. The molecule has 0 saturated carbocycles. The number of benzene rings is 1. The summed E-state index contributed by atoms with van der Waals surface area (Å²) in [5, 5.41) is 79.7. The van der Waals surface area contributed by atoms with E-state index in [1.54, 1.807) is 19.6 Å². The van der Waals surface area contributed by atoms with Gasteiger partial charge in [0.25, 0.3) is 0 Å². The SMILES string of the molecule is O=C(O)CC[C@H](NC(=O)N[C@@H](CCCCNC(=O)CCCCCCCNC(=S)Nc1ccc(CC2CN(CC(=O)O)CCN(CC(=O)O)CCN(CC(=O)O)CCN2CC(=O)O)cc1)C(=O)O)C(=O)O.[Lu+3]. The van der Waals surface area contributed by atoms with Gasteiger partial charge >= 0.3 is 84.7 Å². The van der Waals surface area contributed by atoms with Crippen molar-refractivity contribution in [3.63, 3.8) is 0 Å². The molecule has 0 aromatic heterocycles. The Balaban J connectivity index is 0.0000252. The number of hydrogen-bond acceptors (Lipinski definition) is 14. The van der Waals surface area contributed by atoms with Crippen LogP contribution in [0.15, 0.2) is 24.3 Å². The van der Waals surface area contributed by atoms with E-state index in [4.69, 9.17) is 17.3 Å². The maximum Gasteiger partial charge on any atom is 3.00 e. The molecule has 1 unspecified atom stereocenters. The van der Waals surface area contributed by atoms with Crippen LogP contribution in [-0.2, 0) is 44.8 Å². The fourth-order valence-electron chi connectivity index (χ4n) is 7.60. The van der Waals surface area contributed by atoms with Gasteiger partial charge in [-0.2, -0.15) is 0 Å². The van der Waals surface area contributed by atoms with E-state index in [0.717, 1.165) is 31.2 Å². The third kappa shape index (κ3) is 30.5. The number of urea groups is 1. The van der Waals surface area contributed by atoms with Gasteiger partial charge in [0.15, 0.2) is 5.11 Å². The van der Waals surface area contributed by atoms with E-state index in [-0.39, 0.29) is 128 Å². The van der Waals surface area contributed by atoms with Gasteiger partial charge in [0.2, 0.25) is 5.91 Å². The Hall–Kier alpha value is -4.99. The predicted octanol–water partition coefficient (Wildman–Crippen LogP) is 0.142. The van der Waals surface area contributed by atoms with Crippen LogP contribution in [0.4, 0.5) is 10.5 Å². The summed E-state index contributed by atoms with van der Waals surface area (Å²) in [7, 11) is 0. The minimum Gasteiger partial charge on any atom is -0.481 e. The van der Waals surface area contributed by atoms with E-state index in [1.807, 2.05) is 24.3 Å². The second kappa shape index (κ2) is 36.0. The second-order valence-corrected chi connectivity index (χ2v) is 17.4. The molecule has 0 spiro atoms. The van der Waals surface area contributed by atoms with Gasteiger partial charge in [0.1, 0.15) is 12.1 Å². The summed E-state index contributed by atoms with van der Waals surface area (Å²) in [6.45, 7) is 0.867. The molecule has 1 aromatic rings. The van der Waals surface area contributed by atoms with Crippen LogP contribution in [0.5, 0.6) is 0 Å². The van der Waals surface area contributed by atoms with Crippen molar-refractivity contribution in [1.29, 1.82) is 0 Å². The molecule has 1 aliphatic heterocycles. The predicted molar refractivity (Wildman–Crippen MR) is 256 cm³/mol. The van der Waals surface area contributed by atoms with Crippen LogP contribution in [0.3, 0.4) is 0 Å². The van der Waals surface area contributed by atoms with Crippen LogP contribution in [0.2, 0.25) is 0 Å². The number of unbranched alkanes of at least 4 members (excludes halogenated alkanes) is 5. The zero-order chi connectivity index (χ0) is 52.0. The number of hydrogen-bond donors (Lipinski definition) is 12. The first kappa shape index (κ1) is 64.0. The van der Waals surface area contributed by atoms with E-state index in [2.05, 4.69) is 26.6 Å². The summed E-state index contributed by atoms with van der Waals surface area (Å²) in [6, 6.07) is 2.97. The fraction of sp³-hybridized carbons (Fsp3) is 0.636. The van der Waals surface area contributed by atoms with Crippen LogP contribution in [-0.4, -0.2) is 217 Å². The Bertz CT molecular complexity index is 1900. The number of carbonyl (C=O) groups excluding carboxylic acids is 2. The van der Waals surface area contributed by atoms with E-state index >= 15 is 0 Å². The largest absolute Gasteiger partial charge is 3.00 e. The minimum absolute atomic E-state index is 0. The van der Waals surface area contributed by atoms with Crippen LogP contribution in [0.1, 0.15) is 76.2 Å². The van der Waals surface area contributed by atoms with Gasteiger partial charge in [-0.15, -0.1) is 0 Å². The number of aliphatic carboxylic acids is 7. The van der Waals surface area contributed by atoms with E-state index in [1.165, 1.54) is 0 Å². The Kier molecular flexibility index (Phi) is 32.5. The van der Waals surface area contributed by atoms with Gasteiger partial charge in [0.05, 0.1) is 26.2 Å². The maximum absolute atomic E-state index is 12.3. The molecule has 25 nitrogen and oxygen atoms in total. The zero-order valence-electron chi connectivity index (χ0n) is 39.5. The topological polar surface area (TPSA) is 368 Å². The van der Waals surface area contributed by atoms with Crippen LogP contribution >= 0.6 is 12.2 Å². The molecule has 1 aromatic carbocycles. The molecule has 0 aliphatic carbocycles. The van der Waals surface area contributed by atoms with Crippen molar-refractivity contribution in [2.24, 2.45) is 0 Å². The number of anilines is 1. The number of rotatable bonds is 31. The molecule has 3 atom stereocenters. The summed E-state index contributed by atoms with van der Waals surface area (Å²) < 4.78 is 0. The summed E-state index contributed by atoms with van der Waals surface area (Å²) in [6.07, 6.45) is 4.70. The molecular weight excluding hydrogens is 1120 g/mol. The number of carbonyl (C=O) groups is 9. The molecule has 1 aliphatic rings. The third-order valence-electron chi connectivity index (χ3n) is 11.2.